The number of fused-ring (bicyclic) bond motifs is 1. The van der Waals surface area contributed by atoms with E-state index in [-0.39, 0.29) is 31.9 Å². The van der Waals surface area contributed by atoms with E-state index in [9.17, 15) is 14.0 Å². The maximum atomic E-state index is 14.0. The van der Waals surface area contributed by atoms with Crippen LogP contribution in [0.3, 0.4) is 0 Å². The fourth-order valence-electron chi connectivity index (χ4n) is 2.65. The van der Waals surface area contributed by atoms with E-state index in [4.69, 9.17) is 9.47 Å². The largest absolute Gasteiger partial charge is 0.469 e. The lowest BCUT2D eigenvalue weighted by atomic mass is 10.1. The Balaban J connectivity index is 1.82. The Bertz CT molecular complexity index is 823. The van der Waals surface area contributed by atoms with Gasteiger partial charge in [-0.1, -0.05) is 18.2 Å². The lowest BCUT2D eigenvalue weighted by molar-refractivity contribution is -0.140. The van der Waals surface area contributed by atoms with E-state index in [0.29, 0.717) is 11.5 Å². The zero-order valence-electron chi connectivity index (χ0n) is 14.2. The minimum atomic E-state index is -0.605. The van der Waals surface area contributed by atoms with Gasteiger partial charge in [0.1, 0.15) is 5.82 Å². The number of carbonyl (C=O) groups is 2. The molecule has 0 radical (unpaired) electrons. The number of esters is 1. The molecule has 1 heterocycles. The Hall–Kier alpha value is -3.09. The van der Waals surface area contributed by atoms with Crippen LogP contribution in [0.5, 0.6) is 11.5 Å². The molecule has 0 unspecified atom stereocenters. The number of benzene rings is 2. The molecule has 1 aliphatic heterocycles. The molecule has 0 atom stereocenters. The van der Waals surface area contributed by atoms with Crippen LogP contribution in [0.4, 0.5) is 4.39 Å². The number of nitrogens with zero attached hydrogens (tertiary/aromatic N) is 1. The second-order valence-corrected chi connectivity index (χ2v) is 5.72. The van der Waals surface area contributed by atoms with Crippen molar-refractivity contribution >= 4 is 11.9 Å². The summed E-state index contributed by atoms with van der Waals surface area (Å²) in [6.07, 6.45) is 0.0151. The average Bonchev–Trinajstić information content (AvgIpc) is 3.12. The predicted octanol–water partition coefficient (Wildman–Crippen LogP) is 2.76. The number of hydrogen-bond donors (Lipinski definition) is 0. The molecule has 1 amide bonds. The number of amides is 1. The van der Waals surface area contributed by atoms with Crippen molar-refractivity contribution in [1.29, 1.82) is 0 Å². The molecule has 26 heavy (non-hydrogen) atoms. The van der Waals surface area contributed by atoms with E-state index in [1.807, 2.05) is 0 Å². The van der Waals surface area contributed by atoms with E-state index in [1.165, 1.54) is 30.2 Å². The van der Waals surface area contributed by atoms with Crippen LogP contribution in [0.2, 0.25) is 0 Å². The molecule has 0 aliphatic carbocycles. The van der Waals surface area contributed by atoms with Crippen molar-refractivity contribution in [1.82, 2.24) is 4.90 Å². The summed E-state index contributed by atoms with van der Waals surface area (Å²) >= 11 is 0. The molecular weight excluding hydrogens is 341 g/mol. The van der Waals surface area contributed by atoms with Crippen molar-refractivity contribution in [2.45, 2.75) is 13.0 Å². The number of carbonyl (C=O) groups excluding carboxylic acids is 2. The topological polar surface area (TPSA) is 65.1 Å². The van der Waals surface area contributed by atoms with Gasteiger partial charge >= 0.3 is 5.97 Å². The van der Waals surface area contributed by atoms with Gasteiger partial charge in [-0.25, -0.2) is 4.39 Å². The van der Waals surface area contributed by atoms with Crippen LogP contribution in [-0.2, 0) is 16.1 Å². The molecule has 0 aromatic heterocycles. The van der Waals surface area contributed by atoms with Crippen molar-refractivity contribution in [2.24, 2.45) is 0 Å². The first-order valence-electron chi connectivity index (χ1n) is 8.07. The molecule has 0 spiro atoms. The molecule has 0 fully saturated rings. The second-order valence-electron chi connectivity index (χ2n) is 5.72. The van der Waals surface area contributed by atoms with E-state index in [0.717, 1.165) is 5.56 Å². The van der Waals surface area contributed by atoms with Crippen LogP contribution in [-0.4, -0.2) is 37.2 Å². The van der Waals surface area contributed by atoms with Gasteiger partial charge in [-0.3, -0.25) is 9.59 Å². The zero-order chi connectivity index (χ0) is 18.5. The van der Waals surface area contributed by atoms with Crippen molar-refractivity contribution < 1.29 is 28.2 Å². The van der Waals surface area contributed by atoms with Gasteiger partial charge < -0.3 is 19.1 Å². The van der Waals surface area contributed by atoms with E-state index in [2.05, 4.69) is 4.74 Å². The Morgan fingerprint density at radius 1 is 1.15 bits per heavy atom. The molecule has 0 saturated carbocycles. The third-order valence-corrected chi connectivity index (χ3v) is 4.02. The van der Waals surface area contributed by atoms with Gasteiger partial charge in [0.25, 0.3) is 5.91 Å². The van der Waals surface area contributed by atoms with Crippen molar-refractivity contribution in [3.05, 3.63) is 59.4 Å². The lowest BCUT2D eigenvalue weighted by Crippen LogP contribution is -2.33. The monoisotopic (exact) mass is 359 g/mol. The number of hydrogen-bond acceptors (Lipinski definition) is 5. The molecule has 0 N–H and O–H groups in total. The SMILES string of the molecule is COC(=O)CCN(Cc1ccc2c(c1)OCO2)C(=O)c1ccccc1F. The average molecular weight is 359 g/mol. The summed E-state index contributed by atoms with van der Waals surface area (Å²) in [5.74, 6) is -0.318. The van der Waals surface area contributed by atoms with Crippen LogP contribution >= 0.6 is 0 Å². The Labute approximate surface area is 150 Å². The molecule has 0 bridgehead atoms. The molecule has 0 saturated heterocycles. The van der Waals surface area contributed by atoms with Crippen molar-refractivity contribution in [2.75, 3.05) is 20.4 Å². The van der Waals surface area contributed by atoms with Gasteiger partial charge in [0.05, 0.1) is 19.1 Å². The van der Waals surface area contributed by atoms with E-state index < -0.39 is 17.7 Å². The molecule has 2 aromatic rings. The molecular formula is C19H18FNO5. The molecule has 3 rings (SSSR count). The summed E-state index contributed by atoms with van der Waals surface area (Å²) in [6.45, 7) is 0.452. The Morgan fingerprint density at radius 2 is 1.92 bits per heavy atom. The summed E-state index contributed by atoms with van der Waals surface area (Å²) in [7, 11) is 1.28. The third kappa shape index (κ3) is 3.93. The summed E-state index contributed by atoms with van der Waals surface area (Å²) in [6, 6.07) is 11.1. The standard InChI is InChI=1S/C19H18FNO5/c1-24-18(22)8-9-21(19(23)14-4-2-3-5-15(14)20)11-13-6-7-16-17(10-13)26-12-25-16/h2-7,10H,8-9,11-12H2,1H3. The van der Waals surface area contributed by atoms with Gasteiger partial charge in [-0.15, -0.1) is 0 Å². The smallest absolute Gasteiger partial charge is 0.307 e. The lowest BCUT2D eigenvalue weighted by Gasteiger charge is -2.23. The molecule has 2 aromatic carbocycles. The maximum Gasteiger partial charge on any atom is 0.307 e. The number of halogens is 1. The fraction of sp³-hybridized carbons (Fsp3) is 0.263. The Kier molecular flexibility index (Phi) is 5.36. The molecule has 136 valence electrons. The minimum absolute atomic E-state index is 0.0151. The first-order chi connectivity index (χ1) is 12.6. The highest BCUT2D eigenvalue weighted by Gasteiger charge is 2.21. The van der Waals surface area contributed by atoms with Crippen LogP contribution in [0, 0.1) is 5.82 Å². The van der Waals surface area contributed by atoms with Crippen molar-refractivity contribution in [3.8, 4) is 11.5 Å². The van der Waals surface area contributed by atoms with E-state index >= 15 is 0 Å². The summed E-state index contributed by atoms with van der Waals surface area (Å²) in [5.41, 5.74) is 0.738. The summed E-state index contributed by atoms with van der Waals surface area (Å²) in [4.78, 5) is 25.7. The van der Waals surface area contributed by atoms with Gasteiger partial charge in [0, 0.05) is 13.1 Å². The summed E-state index contributed by atoms with van der Waals surface area (Å²) < 4.78 is 29.3. The van der Waals surface area contributed by atoms with Gasteiger partial charge in [0.15, 0.2) is 11.5 Å². The highest BCUT2D eigenvalue weighted by molar-refractivity contribution is 5.94. The quantitative estimate of drug-likeness (QED) is 0.742. The van der Waals surface area contributed by atoms with Crippen molar-refractivity contribution in [3.63, 3.8) is 0 Å². The van der Waals surface area contributed by atoms with Gasteiger partial charge in [-0.05, 0) is 29.8 Å². The fourth-order valence-corrected chi connectivity index (χ4v) is 2.65. The highest BCUT2D eigenvalue weighted by Crippen LogP contribution is 2.33. The van der Waals surface area contributed by atoms with Crippen LogP contribution in [0.25, 0.3) is 0 Å². The number of rotatable bonds is 6. The predicted molar refractivity (Wildman–Crippen MR) is 90.3 cm³/mol. The Morgan fingerprint density at radius 3 is 2.69 bits per heavy atom. The first kappa shape index (κ1) is 17.7. The van der Waals surface area contributed by atoms with Crippen LogP contribution < -0.4 is 9.47 Å². The maximum absolute atomic E-state index is 14.0. The normalized spacial score (nSPS) is 11.9. The number of ether oxygens (including phenoxy) is 3. The number of methoxy groups -OCH3 is 1. The van der Waals surface area contributed by atoms with E-state index in [1.54, 1.807) is 24.3 Å². The van der Waals surface area contributed by atoms with Crippen LogP contribution in [0.15, 0.2) is 42.5 Å². The third-order valence-electron chi connectivity index (χ3n) is 4.02. The van der Waals surface area contributed by atoms with Gasteiger partial charge in [0.2, 0.25) is 6.79 Å². The molecule has 1 aliphatic rings. The van der Waals surface area contributed by atoms with Gasteiger partial charge in [-0.2, -0.15) is 0 Å². The molecule has 7 heteroatoms. The summed E-state index contributed by atoms with van der Waals surface area (Å²) in [5, 5.41) is 0. The second kappa shape index (κ2) is 7.86. The zero-order valence-corrected chi connectivity index (χ0v) is 14.2. The minimum Gasteiger partial charge on any atom is -0.469 e. The first-order valence-corrected chi connectivity index (χ1v) is 8.07. The molecule has 6 nitrogen and oxygen atoms in total. The highest BCUT2D eigenvalue weighted by atomic mass is 19.1. The van der Waals surface area contributed by atoms with Crippen LogP contribution in [0.1, 0.15) is 22.3 Å².